The van der Waals surface area contributed by atoms with E-state index in [9.17, 15) is 8.42 Å². The Kier molecular flexibility index (Phi) is 5.62. The molecular formula is C12H22N2O2S2. The number of nitrogens with zero attached hydrogens (tertiary/aromatic N) is 1. The lowest BCUT2D eigenvalue weighted by molar-refractivity contribution is 0.346. The van der Waals surface area contributed by atoms with Crippen LogP contribution in [0.4, 0.5) is 5.69 Å². The third-order valence-electron chi connectivity index (χ3n) is 2.72. The van der Waals surface area contributed by atoms with Crippen molar-refractivity contribution in [2.75, 3.05) is 12.3 Å². The normalized spacial score (nSPS) is 12.5. The predicted octanol–water partition coefficient (Wildman–Crippen LogP) is 2.92. The fraction of sp³-hybridized carbons (Fsp3) is 0.667. The number of rotatable bonds is 7. The highest BCUT2D eigenvalue weighted by atomic mass is 32.2. The summed E-state index contributed by atoms with van der Waals surface area (Å²) in [5, 5.41) is 1.66. The maximum absolute atomic E-state index is 12.5. The minimum Gasteiger partial charge on any atom is -0.398 e. The molecule has 0 atom stereocenters. The lowest BCUT2D eigenvalue weighted by Crippen LogP contribution is -2.37. The highest BCUT2D eigenvalue weighted by Crippen LogP contribution is 2.26. The zero-order valence-corrected chi connectivity index (χ0v) is 12.9. The second kappa shape index (κ2) is 6.54. The molecule has 1 rings (SSSR count). The Morgan fingerprint density at radius 1 is 1.39 bits per heavy atom. The van der Waals surface area contributed by atoms with E-state index in [0.717, 1.165) is 19.3 Å². The van der Waals surface area contributed by atoms with Crippen molar-refractivity contribution >= 4 is 27.0 Å². The number of nitrogens with two attached hydrogens (primary N) is 1. The fourth-order valence-electron chi connectivity index (χ4n) is 1.75. The number of sulfonamides is 1. The van der Waals surface area contributed by atoms with Crippen LogP contribution in [0.1, 0.15) is 40.0 Å². The second-order valence-electron chi connectivity index (χ2n) is 4.62. The van der Waals surface area contributed by atoms with E-state index in [4.69, 9.17) is 5.73 Å². The summed E-state index contributed by atoms with van der Waals surface area (Å²) in [4.78, 5) is 0. The van der Waals surface area contributed by atoms with Gasteiger partial charge in [-0.25, -0.2) is 8.42 Å². The average Bonchev–Trinajstić information content (AvgIpc) is 2.71. The van der Waals surface area contributed by atoms with Crippen molar-refractivity contribution < 1.29 is 8.42 Å². The van der Waals surface area contributed by atoms with Crippen molar-refractivity contribution in [1.29, 1.82) is 0 Å². The molecule has 0 saturated heterocycles. The molecule has 0 radical (unpaired) electrons. The zero-order valence-electron chi connectivity index (χ0n) is 11.2. The van der Waals surface area contributed by atoms with E-state index in [1.807, 2.05) is 13.8 Å². The number of hydrogen-bond donors (Lipinski definition) is 1. The number of anilines is 1. The Balaban J connectivity index is 2.90. The van der Waals surface area contributed by atoms with Crippen molar-refractivity contribution in [3.8, 4) is 0 Å². The maximum atomic E-state index is 12.5. The summed E-state index contributed by atoms with van der Waals surface area (Å²) >= 11 is 1.19. The highest BCUT2D eigenvalue weighted by molar-refractivity contribution is 7.91. The van der Waals surface area contributed by atoms with Gasteiger partial charge in [-0.15, -0.1) is 11.3 Å². The summed E-state index contributed by atoms with van der Waals surface area (Å²) in [6.45, 7) is 6.49. The quantitative estimate of drug-likeness (QED) is 0.785. The van der Waals surface area contributed by atoms with Crippen LogP contribution in [0.25, 0.3) is 0 Å². The van der Waals surface area contributed by atoms with Gasteiger partial charge in [0.05, 0.1) is 0 Å². The van der Waals surface area contributed by atoms with Crippen molar-refractivity contribution in [3.63, 3.8) is 0 Å². The van der Waals surface area contributed by atoms with Gasteiger partial charge in [0.1, 0.15) is 4.21 Å². The van der Waals surface area contributed by atoms with Crippen LogP contribution in [0.5, 0.6) is 0 Å². The van der Waals surface area contributed by atoms with Crippen LogP contribution in [0, 0.1) is 0 Å². The molecule has 1 aromatic heterocycles. The van der Waals surface area contributed by atoms with Gasteiger partial charge in [-0.1, -0.05) is 19.8 Å². The Morgan fingerprint density at radius 3 is 2.50 bits per heavy atom. The molecule has 0 fully saturated rings. The van der Waals surface area contributed by atoms with E-state index >= 15 is 0 Å². The summed E-state index contributed by atoms with van der Waals surface area (Å²) in [6.07, 6.45) is 3.03. The SMILES string of the molecule is CCCCCN(C(C)C)S(=O)(=O)c1cc(N)cs1. The van der Waals surface area contributed by atoms with Gasteiger partial charge in [-0.3, -0.25) is 0 Å². The lowest BCUT2D eigenvalue weighted by atomic mass is 10.2. The van der Waals surface area contributed by atoms with Crippen LogP contribution < -0.4 is 5.73 Å². The molecule has 1 aromatic rings. The molecule has 2 N–H and O–H groups in total. The number of nitrogen functional groups attached to an aromatic ring is 1. The molecular weight excluding hydrogens is 268 g/mol. The smallest absolute Gasteiger partial charge is 0.252 e. The van der Waals surface area contributed by atoms with E-state index in [1.54, 1.807) is 9.69 Å². The van der Waals surface area contributed by atoms with E-state index in [1.165, 1.54) is 17.4 Å². The molecule has 18 heavy (non-hydrogen) atoms. The molecule has 4 nitrogen and oxygen atoms in total. The minimum absolute atomic E-state index is 0.0322. The Labute approximate surface area is 114 Å². The molecule has 0 amide bonds. The molecule has 0 aliphatic rings. The highest BCUT2D eigenvalue weighted by Gasteiger charge is 2.27. The monoisotopic (exact) mass is 290 g/mol. The molecule has 0 aliphatic heterocycles. The number of hydrogen-bond acceptors (Lipinski definition) is 4. The molecule has 0 bridgehead atoms. The van der Waals surface area contributed by atoms with E-state index in [0.29, 0.717) is 16.4 Å². The molecule has 0 aromatic carbocycles. The van der Waals surface area contributed by atoms with Crippen molar-refractivity contribution in [2.45, 2.75) is 50.3 Å². The summed E-state index contributed by atoms with van der Waals surface area (Å²) in [6, 6.07) is 1.50. The second-order valence-corrected chi connectivity index (χ2v) is 7.64. The minimum atomic E-state index is -3.39. The fourth-order valence-corrected chi connectivity index (χ4v) is 4.64. The number of unbranched alkanes of at least 4 members (excludes halogenated alkanes) is 2. The van der Waals surface area contributed by atoms with Crippen LogP contribution in [0.3, 0.4) is 0 Å². The molecule has 0 spiro atoms. The first kappa shape index (κ1) is 15.5. The van der Waals surface area contributed by atoms with Crippen LogP contribution in [-0.4, -0.2) is 25.3 Å². The van der Waals surface area contributed by atoms with Crippen molar-refractivity contribution in [1.82, 2.24) is 4.31 Å². The Hall–Kier alpha value is -0.590. The van der Waals surface area contributed by atoms with Gasteiger partial charge in [0, 0.05) is 23.7 Å². The molecule has 104 valence electrons. The lowest BCUT2D eigenvalue weighted by Gasteiger charge is -2.25. The first-order valence-corrected chi connectivity index (χ1v) is 8.57. The largest absolute Gasteiger partial charge is 0.398 e. The third kappa shape index (κ3) is 3.70. The molecule has 0 saturated carbocycles. The van der Waals surface area contributed by atoms with E-state index < -0.39 is 10.0 Å². The van der Waals surface area contributed by atoms with Crippen LogP contribution in [0.15, 0.2) is 15.7 Å². The Morgan fingerprint density at radius 2 is 2.06 bits per heavy atom. The van der Waals surface area contributed by atoms with Gasteiger partial charge >= 0.3 is 0 Å². The molecule has 0 aliphatic carbocycles. The first-order valence-electron chi connectivity index (χ1n) is 6.25. The van der Waals surface area contributed by atoms with E-state index in [-0.39, 0.29) is 6.04 Å². The van der Waals surface area contributed by atoms with E-state index in [2.05, 4.69) is 6.92 Å². The van der Waals surface area contributed by atoms with Crippen LogP contribution in [-0.2, 0) is 10.0 Å². The summed E-state index contributed by atoms with van der Waals surface area (Å²) in [7, 11) is -3.39. The Bertz CT molecular complexity index is 466. The summed E-state index contributed by atoms with van der Waals surface area (Å²) in [5.74, 6) is 0. The third-order valence-corrected chi connectivity index (χ3v) is 6.23. The molecule has 1 heterocycles. The van der Waals surface area contributed by atoms with Crippen molar-refractivity contribution in [3.05, 3.63) is 11.4 Å². The van der Waals surface area contributed by atoms with Gasteiger partial charge < -0.3 is 5.73 Å². The predicted molar refractivity (Wildman–Crippen MR) is 77.3 cm³/mol. The average molecular weight is 290 g/mol. The summed E-state index contributed by atoms with van der Waals surface area (Å²) in [5.41, 5.74) is 6.11. The molecule has 6 heteroatoms. The number of thiophene rings is 1. The van der Waals surface area contributed by atoms with Gasteiger partial charge in [0.15, 0.2) is 0 Å². The van der Waals surface area contributed by atoms with Crippen LogP contribution >= 0.6 is 11.3 Å². The zero-order chi connectivity index (χ0) is 13.8. The summed E-state index contributed by atoms with van der Waals surface area (Å²) < 4.78 is 26.8. The standard InChI is InChI=1S/C12H22N2O2S2/c1-4-5-6-7-14(10(2)3)18(15,16)12-8-11(13)9-17-12/h8-10H,4-7,13H2,1-3H3. The van der Waals surface area contributed by atoms with Crippen molar-refractivity contribution in [2.24, 2.45) is 0 Å². The van der Waals surface area contributed by atoms with Gasteiger partial charge in [-0.2, -0.15) is 4.31 Å². The molecule has 0 unspecified atom stereocenters. The topological polar surface area (TPSA) is 63.4 Å². The van der Waals surface area contributed by atoms with Gasteiger partial charge in [0.2, 0.25) is 0 Å². The van der Waals surface area contributed by atoms with Gasteiger partial charge in [-0.05, 0) is 26.3 Å². The van der Waals surface area contributed by atoms with Crippen LogP contribution in [0.2, 0.25) is 0 Å². The first-order chi connectivity index (χ1) is 8.39. The maximum Gasteiger partial charge on any atom is 0.252 e. The van der Waals surface area contributed by atoms with Gasteiger partial charge in [0.25, 0.3) is 10.0 Å².